The first-order valence-electron chi connectivity index (χ1n) is 6.48. The van der Waals surface area contributed by atoms with Gasteiger partial charge in [-0.15, -0.1) is 0 Å². The Hall–Kier alpha value is -2.02. The van der Waals surface area contributed by atoms with Crippen LogP contribution >= 0.6 is 0 Å². The van der Waals surface area contributed by atoms with Crippen molar-refractivity contribution in [2.45, 2.75) is 38.1 Å². The number of nitrogen functional groups attached to an aromatic ring is 1. The predicted molar refractivity (Wildman–Crippen MR) is 71.0 cm³/mol. The normalized spacial score (nSPS) is 16.8. The number of hydrogen-bond acceptors (Lipinski definition) is 3. The van der Waals surface area contributed by atoms with Crippen molar-refractivity contribution >= 4 is 17.0 Å². The molecule has 92 valence electrons. The van der Waals surface area contributed by atoms with Crippen molar-refractivity contribution < 1.29 is 0 Å². The molecule has 1 aromatic heterocycles. The maximum Gasteiger partial charge on any atom is 0.201 e. The van der Waals surface area contributed by atoms with Gasteiger partial charge in [-0.25, -0.2) is 4.98 Å². The third-order valence-electron chi connectivity index (χ3n) is 3.81. The minimum absolute atomic E-state index is 0.442. The van der Waals surface area contributed by atoms with E-state index in [0.29, 0.717) is 17.6 Å². The van der Waals surface area contributed by atoms with Crippen LogP contribution in [0.2, 0.25) is 0 Å². The molecule has 0 bridgehead atoms. The molecule has 0 radical (unpaired) electrons. The second-order valence-corrected chi connectivity index (χ2v) is 4.92. The lowest BCUT2D eigenvalue weighted by molar-refractivity contribution is 0.363. The number of aromatic nitrogens is 2. The number of anilines is 1. The summed E-state index contributed by atoms with van der Waals surface area (Å²) in [4.78, 5) is 4.38. The second-order valence-electron chi connectivity index (χ2n) is 4.92. The summed E-state index contributed by atoms with van der Waals surface area (Å²) in [6, 6.07) is 8.33. The third-order valence-corrected chi connectivity index (χ3v) is 3.81. The quantitative estimate of drug-likeness (QED) is 0.833. The Kier molecular flexibility index (Phi) is 2.67. The van der Waals surface area contributed by atoms with E-state index in [-0.39, 0.29) is 0 Å². The fourth-order valence-electron chi connectivity index (χ4n) is 2.95. The van der Waals surface area contributed by atoms with Crippen LogP contribution in [0.4, 0.5) is 5.95 Å². The van der Waals surface area contributed by atoms with Gasteiger partial charge in [-0.1, -0.05) is 25.3 Å². The molecule has 1 heterocycles. The molecule has 0 atom stereocenters. The minimum Gasteiger partial charge on any atom is -0.369 e. The van der Waals surface area contributed by atoms with Crippen LogP contribution < -0.4 is 5.73 Å². The van der Waals surface area contributed by atoms with Gasteiger partial charge < -0.3 is 10.3 Å². The zero-order valence-corrected chi connectivity index (χ0v) is 10.3. The van der Waals surface area contributed by atoms with E-state index in [4.69, 9.17) is 11.0 Å². The van der Waals surface area contributed by atoms with Crippen LogP contribution in [0.5, 0.6) is 0 Å². The molecule has 18 heavy (non-hydrogen) atoms. The number of rotatable bonds is 1. The number of nitrogens with zero attached hydrogens (tertiary/aromatic N) is 3. The fourth-order valence-corrected chi connectivity index (χ4v) is 2.95. The molecule has 0 saturated heterocycles. The summed E-state index contributed by atoms with van der Waals surface area (Å²) < 4.78 is 2.12. The van der Waals surface area contributed by atoms with E-state index in [1.165, 1.54) is 19.3 Å². The van der Waals surface area contributed by atoms with Crippen LogP contribution in [0.3, 0.4) is 0 Å². The third kappa shape index (κ3) is 1.63. The smallest absolute Gasteiger partial charge is 0.201 e. The van der Waals surface area contributed by atoms with E-state index in [1.807, 2.05) is 12.1 Å². The molecule has 3 rings (SSSR count). The highest BCUT2D eigenvalue weighted by molar-refractivity contribution is 5.84. The molecular weight excluding hydrogens is 224 g/mol. The average molecular weight is 240 g/mol. The number of benzene rings is 1. The summed E-state index contributed by atoms with van der Waals surface area (Å²) in [5.41, 5.74) is 8.39. The molecule has 0 amide bonds. The molecule has 1 aromatic carbocycles. The molecule has 1 aliphatic carbocycles. The first kappa shape index (κ1) is 11.1. The average Bonchev–Trinajstić information content (AvgIpc) is 2.75. The Bertz CT molecular complexity index is 614. The summed E-state index contributed by atoms with van der Waals surface area (Å²) in [5, 5.41) is 9.11. The van der Waals surface area contributed by atoms with Crippen molar-refractivity contribution in [2.75, 3.05) is 5.73 Å². The lowest BCUT2D eigenvalue weighted by Crippen LogP contribution is -2.14. The minimum atomic E-state index is 0.442. The van der Waals surface area contributed by atoms with Gasteiger partial charge in [0.15, 0.2) is 0 Å². The van der Waals surface area contributed by atoms with Gasteiger partial charge in [-0.2, -0.15) is 5.26 Å². The summed E-state index contributed by atoms with van der Waals surface area (Å²) in [6.45, 7) is 0. The van der Waals surface area contributed by atoms with Crippen molar-refractivity contribution in [3.8, 4) is 6.07 Å². The Morgan fingerprint density at radius 1 is 1.28 bits per heavy atom. The summed E-state index contributed by atoms with van der Waals surface area (Å²) in [5.74, 6) is 0.541. The maximum atomic E-state index is 9.11. The van der Waals surface area contributed by atoms with Gasteiger partial charge >= 0.3 is 0 Å². The number of fused-ring (bicyclic) bond motifs is 1. The molecule has 0 spiro atoms. The lowest BCUT2D eigenvalue weighted by atomic mass is 9.95. The van der Waals surface area contributed by atoms with Gasteiger partial charge in [-0.3, -0.25) is 0 Å². The molecular formula is C14H16N4. The first-order chi connectivity index (χ1) is 8.81. The van der Waals surface area contributed by atoms with Crippen molar-refractivity contribution in [3.63, 3.8) is 0 Å². The van der Waals surface area contributed by atoms with Gasteiger partial charge in [0.1, 0.15) is 11.6 Å². The fraction of sp³-hybridized carbons (Fsp3) is 0.429. The SMILES string of the molecule is N#Cc1cccc2c1nc(N)n2C1CCCCC1. The second kappa shape index (κ2) is 4.34. The van der Waals surface area contributed by atoms with Crippen LogP contribution in [-0.4, -0.2) is 9.55 Å². The zero-order chi connectivity index (χ0) is 12.5. The topological polar surface area (TPSA) is 67.6 Å². The van der Waals surface area contributed by atoms with E-state index in [9.17, 15) is 0 Å². The number of imidazole rings is 1. The van der Waals surface area contributed by atoms with Crippen molar-refractivity contribution in [2.24, 2.45) is 0 Å². The van der Waals surface area contributed by atoms with Gasteiger partial charge in [-0.05, 0) is 25.0 Å². The Morgan fingerprint density at radius 3 is 2.78 bits per heavy atom. The highest BCUT2D eigenvalue weighted by atomic mass is 15.2. The van der Waals surface area contributed by atoms with Crippen LogP contribution in [0.15, 0.2) is 18.2 Å². The van der Waals surface area contributed by atoms with Gasteiger partial charge in [0.2, 0.25) is 5.95 Å². The molecule has 1 aliphatic rings. The van der Waals surface area contributed by atoms with Crippen molar-refractivity contribution in [3.05, 3.63) is 23.8 Å². The number of hydrogen-bond donors (Lipinski definition) is 1. The molecule has 2 N–H and O–H groups in total. The number of para-hydroxylation sites is 1. The van der Waals surface area contributed by atoms with Crippen LogP contribution in [0.25, 0.3) is 11.0 Å². The molecule has 1 saturated carbocycles. The molecule has 2 aromatic rings. The molecule has 4 nitrogen and oxygen atoms in total. The first-order valence-corrected chi connectivity index (χ1v) is 6.48. The van der Waals surface area contributed by atoms with Crippen LogP contribution in [-0.2, 0) is 0 Å². The standard InChI is InChI=1S/C14H16N4/c15-9-10-5-4-8-12-13(10)17-14(16)18(12)11-6-2-1-3-7-11/h4-5,8,11H,1-3,6-7H2,(H2,16,17). The lowest BCUT2D eigenvalue weighted by Gasteiger charge is -2.24. The van der Waals surface area contributed by atoms with Gasteiger partial charge in [0.25, 0.3) is 0 Å². The van der Waals surface area contributed by atoms with E-state index in [2.05, 4.69) is 15.6 Å². The number of nitriles is 1. The predicted octanol–water partition coefficient (Wildman–Crippen LogP) is 3.00. The summed E-state index contributed by atoms with van der Waals surface area (Å²) in [7, 11) is 0. The molecule has 1 fully saturated rings. The van der Waals surface area contributed by atoms with E-state index < -0.39 is 0 Å². The van der Waals surface area contributed by atoms with Crippen LogP contribution in [0, 0.1) is 11.3 Å². The molecule has 0 aliphatic heterocycles. The highest BCUT2D eigenvalue weighted by Crippen LogP contribution is 2.33. The van der Waals surface area contributed by atoms with E-state index in [0.717, 1.165) is 23.9 Å². The molecule has 4 heteroatoms. The maximum absolute atomic E-state index is 9.11. The highest BCUT2D eigenvalue weighted by Gasteiger charge is 2.21. The Balaban J connectivity index is 2.17. The van der Waals surface area contributed by atoms with E-state index in [1.54, 1.807) is 6.07 Å². The molecule has 0 unspecified atom stereocenters. The monoisotopic (exact) mass is 240 g/mol. The van der Waals surface area contributed by atoms with E-state index >= 15 is 0 Å². The summed E-state index contributed by atoms with van der Waals surface area (Å²) >= 11 is 0. The Morgan fingerprint density at radius 2 is 2.06 bits per heavy atom. The number of nitrogens with two attached hydrogens (primary N) is 1. The van der Waals surface area contributed by atoms with Gasteiger partial charge in [0, 0.05) is 6.04 Å². The van der Waals surface area contributed by atoms with Gasteiger partial charge in [0.05, 0.1) is 11.1 Å². The zero-order valence-electron chi connectivity index (χ0n) is 10.3. The largest absolute Gasteiger partial charge is 0.369 e. The Labute approximate surface area is 106 Å². The summed E-state index contributed by atoms with van der Waals surface area (Å²) in [6.07, 6.45) is 6.13. The van der Waals surface area contributed by atoms with Crippen molar-refractivity contribution in [1.82, 2.24) is 9.55 Å². The van der Waals surface area contributed by atoms with Crippen LogP contribution in [0.1, 0.15) is 43.7 Å². The van der Waals surface area contributed by atoms with Crippen molar-refractivity contribution in [1.29, 1.82) is 5.26 Å².